The first kappa shape index (κ1) is 15.6. The maximum Gasteiger partial charge on any atom is 0.224 e. The molecule has 122 valence electrons. The molecule has 6 heteroatoms. The van der Waals surface area contributed by atoms with E-state index in [4.69, 9.17) is 0 Å². The Morgan fingerprint density at radius 3 is 2.65 bits per heavy atom. The zero-order valence-corrected chi connectivity index (χ0v) is 13.0. The van der Waals surface area contributed by atoms with E-state index < -0.39 is 0 Å². The molecule has 1 saturated carbocycles. The summed E-state index contributed by atoms with van der Waals surface area (Å²) in [4.78, 5) is 12.4. The normalized spacial score (nSPS) is 21.5. The molecule has 0 aliphatic heterocycles. The first-order valence-corrected chi connectivity index (χ1v) is 7.75. The van der Waals surface area contributed by atoms with Crippen LogP contribution in [-0.4, -0.2) is 32.0 Å². The summed E-state index contributed by atoms with van der Waals surface area (Å²) in [5, 5.41) is 26.1. The van der Waals surface area contributed by atoms with Crippen molar-refractivity contribution < 1.29 is 15.0 Å². The van der Waals surface area contributed by atoms with Crippen molar-refractivity contribution in [3.63, 3.8) is 0 Å². The Balaban J connectivity index is 1.68. The van der Waals surface area contributed by atoms with Crippen LogP contribution < -0.4 is 5.32 Å². The molecule has 1 aliphatic carbocycles. The second-order valence-electron chi connectivity index (χ2n) is 6.22. The molecule has 3 rings (SSSR count). The monoisotopic (exact) mass is 315 g/mol. The Morgan fingerprint density at radius 2 is 2.09 bits per heavy atom. The van der Waals surface area contributed by atoms with Crippen molar-refractivity contribution in [1.29, 1.82) is 0 Å². The Bertz CT molecular complexity index is 675. The SMILES string of the molecule is Cn1cc([C@@H](NC(=O)Cc2ccc(O)cc2)C2CC(O)C2)cn1. The van der Waals surface area contributed by atoms with Crippen molar-refractivity contribution in [3.05, 3.63) is 47.8 Å². The quantitative estimate of drug-likeness (QED) is 0.776. The van der Waals surface area contributed by atoms with Gasteiger partial charge in [-0.3, -0.25) is 9.48 Å². The lowest BCUT2D eigenvalue weighted by Crippen LogP contribution is -2.41. The number of amides is 1. The number of aromatic nitrogens is 2. The van der Waals surface area contributed by atoms with Crippen LogP contribution in [0.4, 0.5) is 0 Å². The topological polar surface area (TPSA) is 87.4 Å². The lowest BCUT2D eigenvalue weighted by Gasteiger charge is -2.37. The Morgan fingerprint density at radius 1 is 1.39 bits per heavy atom. The summed E-state index contributed by atoms with van der Waals surface area (Å²) >= 11 is 0. The fraction of sp³-hybridized carbons (Fsp3) is 0.412. The van der Waals surface area contributed by atoms with Gasteiger partial charge >= 0.3 is 0 Å². The minimum Gasteiger partial charge on any atom is -0.508 e. The van der Waals surface area contributed by atoms with Gasteiger partial charge in [-0.1, -0.05) is 12.1 Å². The summed E-state index contributed by atoms with van der Waals surface area (Å²) in [6.07, 6.45) is 5.03. The van der Waals surface area contributed by atoms with Crippen LogP contribution in [0.5, 0.6) is 5.75 Å². The number of nitrogens with one attached hydrogen (secondary N) is 1. The number of carbonyl (C=O) groups excluding carboxylic acids is 1. The van der Waals surface area contributed by atoms with Gasteiger partial charge in [0.05, 0.1) is 24.8 Å². The van der Waals surface area contributed by atoms with Gasteiger partial charge in [-0.15, -0.1) is 0 Å². The predicted molar refractivity (Wildman–Crippen MR) is 84.6 cm³/mol. The van der Waals surface area contributed by atoms with Gasteiger partial charge in [0, 0.05) is 18.8 Å². The fourth-order valence-electron chi connectivity index (χ4n) is 3.00. The Labute approximate surface area is 134 Å². The summed E-state index contributed by atoms with van der Waals surface area (Å²) in [6.45, 7) is 0. The highest BCUT2D eigenvalue weighted by molar-refractivity contribution is 5.79. The van der Waals surface area contributed by atoms with Gasteiger partial charge in [-0.05, 0) is 36.5 Å². The van der Waals surface area contributed by atoms with Gasteiger partial charge in [-0.2, -0.15) is 5.10 Å². The highest BCUT2D eigenvalue weighted by Crippen LogP contribution is 2.37. The maximum atomic E-state index is 12.4. The van der Waals surface area contributed by atoms with Crippen LogP contribution in [0.1, 0.15) is 30.0 Å². The predicted octanol–water partition coefficient (Wildman–Crippen LogP) is 1.30. The molecular formula is C17H21N3O3. The molecule has 1 aromatic heterocycles. The first-order valence-electron chi connectivity index (χ1n) is 7.75. The maximum absolute atomic E-state index is 12.4. The zero-order chi connectivity index (χ0) is 16.4. The molecule has 0 unspecified atom stereocenters. The van der Waals surface area contributed by atoms with Crippen molar-refractivity contribution in [1.82, 2.24) is 15.1 Å². The van der Waals surface area contributed by atoms with Crippen molar-refractivity contribution in [2.24, 2.45) is 13.0 Å². The molecule has 1 fully saturated rings. The number of aliphatic hydroxyl groups excluding tert-OH is 1. The number of hydrogen-bond donors (Lipinski definition) is 3. The van der Waals surface area contributed by atoms with Crippen LogP contribution >= 0.6 is 0 Å². The summed E-state index contributed by atoms with van der Waals surface area (Å²) in [7, 11) is 1.84. The third kappa shape index (κ3) is 3.71. The van der Waals surface area contributed by atoms with E-state index in [0.29, 0.717) is 12.8 Å². The van der Waals surface area contributed by atoms with Gasteiger partial charge in [-0.25, -0.2) is 0 Å². The average molecular weight is 315 g/mol. The largest absolute Gasteiger partial charge is 0.508 e. The van der Waals surface area contributed by atoms with Gasteiger partial charge in [0.2, 0.25) is 5.91 Å². The molecule has 3 N–H and O–H groups in total. The fourth-order valence-corrected chi connectivity index (χ4v) is 3.00. The molecular weight excluding hydrogens is 294 g/mol. The number of aryl methyl sites for hydroxylation is 1. The first-order chi connectivity index (χ1) is 11.0. The number of rotatable bonds is 5. The Kier molecular flexibility index (Phi) is 4.34. The van der Waals surface area contributed by atoms with E-state index in [9.17, 15) is 15.0 Å². The van der Waals surface area contributed by atoms with E-state index in [1.54, 1.807) is 35.1 Å². The smallest absolute Gasteiger partial charge is 0.224 e. The van der Waals surface area contributed by atoms with Crippen LogP contribution in [0.3, 0.4) is 0 Å². The minimum absolute atomic E-state index is 0.0778. The highest BCUT2D eigenvalue weighted by atomic mass is 16.3. The van der Waals surface area contributed by atoms with Crippen molar-refractivity contribution >= 4 is 5.91 Å². The molecule has 23 heavy (non-hydrogen) atoms. The molecule has 2 aromatic rings. The number of phenolic OH excluding ortho intramolecular Hbond substituents is 1. The lowest BCUT2D eigenvalue weighted by molar-refractivity contribution is -0.122. The third-order valence-corrected chi connectivity index (χ3v) is 4.32. The van der Waals surface area contributed by atoms with E-state index >= 15 is 0 Å². The van der Waals surface area contributed by atoms with Gasteiger partial charge in [0.25, 0.3) is 0 Å². The molecule has 1 atom stereocenters. The number of hydrogen-bond acceptors (Lipinski definition) is 4. The Hall–Kier alpha value is -2.34. The molecule has 1 amide bonds. The number of aliphatic hydroxyl groups is 1. The number of benzene rings is 1. The van der Waals surface area contributed by atoms with E-state index in [1.165, 1.54) is 0 Å². The highest BCUT2D eigenvalue weighted by Gasteiger charge is 2.36. The number of nitrogens with zero attached hydrogens (tertiary/aromatic N) is 2. The molecule has 6 nitrogen and oxygen atoms in total. The van der Waals surface area contributed by atoms with Crippen LogP contribution in [0.15, 0.2) is 36.7 Å². The van der Waals surface area contributed by atoms with Gasteiger partial charge < -0.3 is 15.5 Å². The molecule has 0 saturated heterocycles. The molecule has 0 radical (unpaired) electrons. The van der Waals surface area contributed by atoms with Crippen LogP contribution in [0.25, 0.3) is 0 Å². The van der Waals surface area contributed by atoms with Crippen LogP contribution in [-0.2, 0) is 18.3 Å². The molecule has 1 aromatic carbocycles. The average Bonchev–Trinajstić information content (AvgIpc) is 2.91. The number of phenols is 1. The van der Waals surface area contributed by atoms with Gasteiger partial charge in [0.1, 0.15) is 5.75 Å². The van der Waals surface area contributed by atoms with E-state index in [1.807, 2.05) is 13.2 Å². The summed E-state index contributed by atoms with van der Waals surface area (Å²) in [5.41, 5.74) is 1.81. The third-order valence-electron chi connectivity index (χ3n) is 4.32. The van der Waals surface area contributed by atoms with Crippen molar-refractivity contribution in [2.75, 3.05) is 0 Å². The van der Waals surface area contributed by atoms with Gasteiger partial charge in [0.15, 0.2) is 0 Å². The second kappa shape index (κ2) is 6.42. The summed E-state index contributed by atoms with van der Waals surface area (Å²) < 4.78 is 1.71. The summed E-state index contributed by atoms with van der Waals surface area (Å²) in [5.74, 6) is 0.342. The molecule has 1 heterocycles. The molecule has 1 aliphatic rings. The number of aromatic hydroxyl groups is 1. The van der Waals surface area contributed by atoms with Crippen molar-refractivity contribution in [2.45, 2.75) is 31.4 Å². The van der Waals surface area contributed by atoms with E-state index in [2.05, 4.69) is 10.4 Å². The lowest BCUT2D eigenvalue weighted by atomic mass is 9.75. The van der Waals surface area contributed by atoms with E-state index in [-0.39, 0.29) is 36.1 Å². The van der Waals surface area contributed by atoms with E-state index in [0.717, 1.165) is 11.1 Å². The minimum atomic E-state index is -0.270. The zero-order valence-electron chi connectivity index (χ0n) is 13.0. The van der Waals surface area contributed by atoms with Crippen LogP contribution in [0.2, 0.25) is 0 Å². The summed E-state index contributed by atoms with van der Waals surface area (Å²) in [6, 6.07) is 6.49. The molecule has 0 spiro atoms. The standard InChI is InChI=1S/C17H21N3O3/c1-20-10-13(9-18-20)17(12-7-15(22)8-12)19-16(23)6-11-2-4-14(21)5-3-11/h2-5,9-10,12,15,17,21-22H,6-8H2,1H3,(H,19,23)/t12?,15?,17-/m0/s1. The second-order valence-corrected chi connectivity index (χ2v) is 6.22. The molecule has 0 bridgehead atoms. The number of carbonyl (C=O) groups is 1. The van der Waals surface area contributed by atoms with Crippen molar-refractivity contribution in [3.8, 4) is 5.75 Å². The van der Waals surface area contributed by atoms with Crippen LogP contribution in [0, 0.1) is 5.92 Å².